The number of hydrogen-bond donors (Lipinski definition) is 0. The van der Waals surface area contributed by atoms with E-state index >= 15 is 0 Å². The van der Waals surface area contributed by atoms with Crippen molar-refractivity contribution in [3.63, 3.8) is 0 Å². The maximum absolute atomic E-state index is 2.44. The lowest BCUT2D eigenvalue weighted by atomic mass is 9.83. The number of rotatable bonds is 8. The number of aryl methyl sites for hydroxylation is 2. The Hall–Kier alpha value is -10.0. The molecule has 0 bridgehead atoms. The summed E-state index contributed by atoms with van der Waals surface area (Å²) in [5.41, 5.74) is 24.1. The van der Waals surface area contributed by atoms with Crippen molar-refractivity contribution >= 4 is 65.2 Å². The SMILES string of the molecule is Cc1cccc(-c2ccc3c(-c4ccc(-c5ccc6c(c5)c5ccccc5n6-c5ccccc5)cc4)c4cc(-c5cccc(C)c5)ccc4c(-c4ccc(-c5ccc6c(c5)c5ccccc5n6-c5ccccc5)cc4)c3c2)c1. The highest BCUT2D eigenvalue weighted by Gasteiger charge is 2.21. The molecule has 0 aliphatic carbocycles. The first kappa shape index (κ1) is 45.4. The van der Waals surface area contributed by atoms with Gasteiger partial charge in [-0.15, -0.1) is 0 Å². The summed E-state index contributed by atoms with van der Waals surface area (Å²) >= 11 is 0. The number of hydrogen-bond acceptors (Lipinski definition) is 0. The zero-order valence-corrected chi connectivity index (χ0v) is 43.5. The summed E-state index contributed by atoms with van der Waals surface area (Å²) in [4.78, 5) is 0. The van der Waals surface area contributed by atoms with Crippen molar-refractivity contribution in [2.45, 2.75) is 13.8 Å². The smallest absolute Gasteiger partial charge is 0.0541 e. The molecule has 0 unspecified atom stereocenters. The van der Waals surface area contributed by atoms with Gasteiger partial charge in [0.2, 0.25) is 0 Å². The molecule has 0 fully saturated rings. The second-order valence-corrected chi connectivity index (χ2v) is 21.0. The van der Waals surface area contributed by atoms with Crippen molar-refractivity contribution < 1.29 is 0 Å². The zero-order chi connectivity index (χ0) is 51.8. The standard InChI is InChI=1S/C76H52N2/c1-49-15-13-17-55(43-49)59-35-39-65-69(47-59)75(53-31-27-51(28-32-53)57-37-41-73-67(45-57)63-23-9-11-25-71(63)77(73)61-19-5-3-6-20-61)66-40-36-60(56-18-14-16-50(2)44-56)48-70(66)76(65)54-33-29-52(30-34-54)58-38-42-74-68(46-58)64-24-10-12-26-72(64)78(74)62-21-7-4-8-22-62/h3-48H,1-2H3. The van der Waals surface area contributed by atoms with Crippen LogP contribution < -0.4 is 0 Å². The molecule has 0 spiro atoms. The van der Waals surface area contributed by atoms with Gasteiger partial charge >= 0.3 is 0 Å². The van der Waals surface area contributed by atoms with E-state index in [1.807, 2.05) is 0 Å². The van der Waals surface area contributed by atoms with Gasteiger partial charge in [0, 0.05) is 32.9 Å². The van der Waals surface area contributed by atoms with Crippen LogP contribution >= 0.6 is 0 Å². The van der Waals surface area contributed by atoms with Crippen molar-refractivity contribution in [2.75, 3.05) is 0 Å². The van der Waals surface area contributed by atoms with Gasteiger partial charge in [0.15, 0.2) is 0 Å². The van der Waals surface area contributed by atoms with Crippen LogP contribution in [-0.4, -0.2) is 9.13 Å². The normalized spacial score (nSPS) is 11.7. The summed E-state index contributed by atoms with van der Waals surface area (Å²) in [7, 11) is 0. The number of aromatic nitrogens is 2. The average molecular weight is 993 g/mol. The van der Waals surface area contributed by atoms with E-state index in [1.54, 1.807) is 0 Å². The van der Waals surface area contributed by atoms with E-state index in [9.17, 15) is 0 Å². The van der Waals surface area contributed by atoms with Crippen LogP contribution in [0.1, 0.15) is 11.1 Å². The lowest BCUT2D eigenvalue weighted by Crippen LogP contribution is -1.93. The molecule has 2 aromatic heterocycles. The Balaban J connectivity index is 0.905. The highest BCUT2D eigenvalue weighted by molar-refractivity contribution is 6.23. The predicted molar refractivity (Wildman–Crippen MR) is 332 cm³/mol. The number of nitrogens with zero attached hydrogens (tertiary/aromatic N) is 2. The Labute approximate surface area is 454 Å². The third kappa shape index (κ3) is 7.56. The van der Waals surface area contributed by atoms with Gasteiger partial charge in [-0.2, -0.15) is 0 Å². The van der Waals surface area contributed by atoms with Crippen LogP contribution in [0.5, 0.6) is 0 Å². The van der Waals surface area contributed by atoms with E-state index in [2.05, 4.69) is 302 Å². The van der Waals surface area contributed by atoms with Crippen molar-refractivity contribution in [3.05, 3.63) is 290 Å². The molecule has 0 radical (unpaired) electrons. The monoisotopic (exact) mass is 992 g/mol. The number of fused-ring (bicyclic) bond motifs is 8. The molecule has 0 aliphatic rings. The molecule has 2 heterocycles. The van der Waals surface area contributed by atoms with Crippen LogP contribution in [0.15, 0.2) is 279 Å². The molecule has 13 aromatic carbocycles. The fraction of sp³-hybridized carbons (Fsp3) is 0.0263. The van der Waals surface area contributed by atoms with Crippen LogP contribution in [0.2, 0.25) is 0 Å². The Morgan fingerprint density at radius 3 is 0.936 bits per heavy atom. The van der Waals surface area contributed by atoms with Crippen molar-refractivity contribution in [2.24, 2.45) is 0 Å². The van der Waals surface area contributed by atoms with E-state index < -0.39 is 0 Å². The van der Waals surface area contributed by atoms with E-state index in [4.69, 9.17) is 0 Å². The second-order valence-electron chi connectivity index (χ2n) is 21.0. The first-order valence-electron chi connectivity index (χ1n) is 27.1. The largest absolute Gasteiger partial charge is 0.309 e. The zero-order valence-electron chi connectivity index (χ0n) is 43.5. The quantitative estimate of drug-likeness (QED) is 0.134. The van der Waals surface area contributed by atoms with Crippen molar-refractivity contribution in [1.82, 2.24) is 9.13 Å². The van der Waals surface area contributed by atoms with Crippen molar-refractivity contribution in [3.8, 4) is 78.1 Å². The summed E-state index contributed by atoms with van der Waals surface area (Å²) in [6.07, 6.45) is 0. The molecule has 0 atom stereocenters. The summed E-state index contributed by atoms with van der Waals surface area (Å²) in [6.45, 7) is 4.36. The summed E-state index contributed by atoms with van der Waals surface area (Å²) < 4.78 is 4.77. The maximum atomic E-state index is 2.44. The Morgan fingerprint density at radius 1 is 0.192 bits per heavy atom. The van der Waals surface area contributed by atoms with E-state index in [-0.39, 0.29) is 0 Å². The average Bonchev–Trinajstić information content (AvgIpc) is 4.00. The minimum Gasteiger partial charge on any atom is -0.309 e. The molecule has 0 N–H and O–H groups in total. The fourth-order valence-corrected chi connectivity index (χ4v) is 12.5. The van der Waals surface area contributed by atoms with Gasteiger partial charge in [0.25, 0.3) is 0 Å². The first-order valence-corrected chi connectivity index (χ1v) is 27.1. The highest BCUT2D eigenvalue weighted by Crippen LogP contribution is 2.47. The summed E-state index contributed by atoms with van der Waals surface area (Å²) in [6, 6.07) is 104. The van der Waals surface area contributed by atoms with Gasteiger partial charge in [-0.1, -0.05) is 217 Å². The molecule has 366 valence electrons. The first-order chi connectivity index (χ1) is 38.5. The Bertz CT molecular complexity index is 4520. The van der Waals surface area contributed by atoms with Crippen LogP contribution in [0.25, 0.3) is 143 Å². The number of para-hydroxylation sites is 4. The highest BCUT2D eigenvalue weighted by atomic mass is 15.0. The van der Waals surface area contributed by atoms with Gasteiger partial charge in [-0.25, -0.2) is 0 Å². The van der Waals surface area contributed by atoms with Gasteiger partial charge in [-0.3, -0.25) is 0 Å². The molecular formula is C76H52N2. The second kappa shape index (κ2) is 18.4. The van der Waals surface area contributed by atoms with Gasteiger partial charge in [0.05, 0.1) is 22.1 Å². The molecule has 0 saturated heterocycles. The van der Waals surface area contributed by atoms with E-state index in [1.165, 1.54) is 143 Å². The molecular weight excluding hydrogens is 941 g/mol. The molecule has 0 aliphatic heterocycles. The lowest BCUT2D eigenvalue weighted by molar-refractivity contribution is 1.18. The van der Waals surface area contributed by atoms with Crippen LogP contribution in [0, 0.1) is 13.8 Å². The molecule has 0 saturated carbocycles. The van der Waals surface area contributed by atoms with E-state index in [0.29, 0.717) is 0 Å². The minimum atomic E-state index is 1.16. The molecule has 15 aromatic rings. The minimum absolute atomic E-state index is 1.16. The van der Waals surface area contributed by atoms with Crippen molar-refractivity contribution in [1.29, 1.82) is 0 Å². The predicted octanol–water partition coefficient (Wildman–Crippen LogP) is 20.8. The molecule has 2 heteroatoms. The maximum Gasteiger partial charge on any atom is 0.0541 e. The van der Waals surface area contributed by atoms with Gasteiger partial charge in [0.1, 0.15) is 0 Å². The molecule has 15 rings (SSSR count). The lowest BCUT2D eigenvalue weighted by Gasteiger charge is -2.20. The molecule has 0 amide bonds. The van der Waals surface area contributed by atoms with Gasteiger partial charge < -0.3 is 9.13 Å². The topological polar surface area (TPSA) is 9.86 Å². The summed E-state index contributed by atoms with van der Waals surface area (Å²) in [5.74, 6) is 0. The third-order valence-corrected chi connectivity index (χ3v) is 16.2. The third-order valence-electron chi connectivity index (χ3n) is 16.2. The Morgan fingerprint density at radius 2 is 0.513 bits per heavy atom. The van der Waals surface area contributed by atoms with Crippen LogP contribution in [-0.2, 0) is 0 Å². The number of benzene rings is 13. The van der Waals surface area contributed by atoms with Crippen LogP contribution in [0.3, 0.4) is 0 Å². The molecule has 78 heavy (non-hydrogen) atoms. The van der Waals surface area contributed by atoms with Crippen LogP contribution in [0.4, 0.5) is 0 Å². The summed E-state index contributed by atoms with van der Waals surface area (Å²) in [5, 5.41) is 9.91. The van der Waals surface area contributed by atoms with E-state index in [0.717, 1.165) is 11.4 Å². The van der Waals surface area contributed by atoms with Gasteiger partial charge in [-0.05, 0) is 175 Å². The fourth-order valence-electron chi connectivity index (χ4n) is 12.5. The molecule has 2 nitrogen and oxygen atoms in total. The Kier molecular flexibility index (Phi) is 10.7.